The molecule has 2 fully saturated rings. The molecule has 4 heteroatoms. The minimum absolute atomic E-state index is 0.0803. The van der Waals surface area contributed by atoms with Gasteiger partial charge in [0, 0.05) is 0 Å². The zero-order valence-electron chi connectivity index (χ0n) is 11.6. The topological polar surface area (TPSA) is 20.2 Å². The van der Waals surface area contributed by atoms with E-state index in [0.717, 1.165) is 32.1 Å². The highest BCUT2D eigenvalue weighted by Crippen LogP contribution is 2.46. The maximum absolute atomic E-state index is 13.1. The van der Waals surface area contributed by atoms with E-state index < -0.39 is 24.1 Å². The van der Waals surface area contributed by atoms with Gasteiger partial charge in [-0.3, -0.25) is 0 Å². The summed E-state index contributed by atoms with van der Waals surface area (Å²) < 4.78 is 39.3. The normalized spacial score (nSPS) is 39.0. The van der Waals surface area contributed by atoms with Crippen molar-refractivity contribution in [2.45, 2.75) is 70.6 Å². The van der Waals surface area contributed by atoms with E-state index in [4.69, 9.17) is 0 Å². The van der Waals surface area contributed by atoms with Crippen LogP contribution in [0, 0.1) is 23.7 Å². The summed E-state index contributed by atoms with van der Waals surface area (Å²) in [5, 5.41) is 10.5. The van der Waals surface area contributed by atoms with Crippen LogP contribution in [0.5, 0.6) is 0 Å². The van der Waals surface area contributed by atoms with Crippen molar-refractivity contribution >= 4 is 0 Å². The second-order valence-electron chi connectivity index (χ2n) is 6.62. The Hall–Kier alpha value is -0.250. The fourth-order valence-electron chi connectivity index (χ4n) is 4.12. The van der Waals surface area contributed by atoms with Gasteiger partial charge in [-0.15, -0.1) is 0 Å². The zero-order chi connectivity index (χ0) is 14.0. The third-order valence-corrected chi connectivity index (χ3v) is 5.14. The van der Waals surface area contributed by atoms with E-state index in [-0.39, 0.29) is 12.3 Å². The van der Waals surface area contributed by atoms with Gasteiger partial charge < -0.3 is 5.11 Å². The molecule has 0 radical (unpaired) electrons. The molecule has 1 nitrogen and oxygen atoms in total. The Morgan fingerprint density at radius 1 is 1.00 bits per heavy atom. The third-order valence-electron chi connectivity index (χ3n) is 5.14. The fourth-order valence-corrected chi connectivity index (χ4v) is 4.12. The molecule has 112 valence electrons. The van der Waals surface area contributed by atoms with E-state index in [9.17, 15) is 18.3 Å². The standard InChI is InChI=1S/C15H25F3O/c1-10-5-4-6-11(9-10)14(19)12-7-2-3-8-13(12)15(16,17)18/h10-14,19H,2-9H2,1H3. The third kappa shape index (κ3) is 3.65. The predicted octanol–water partition coefficient (Wildman–Crippen LogP) is 4.54. The summed E-state index contributed by atoms with van der Waals surface area (Å²) in [5.74, 6) is -1.23. The van der Waals surface area contributed by atoms with E-state index in [0.29, 0.717) is 18.8 Å². The second-order valence-corrected chi connectivity index (χ2v) is 6.62. The van der Waals surface area contributed by atoms with Crippen LogP contribution in [-0.4, -0.2) is 17.4 Å². The van der Waals surface area contributed by atoms with Crippen molar-refractivity contribution in [1.82, 2.24) is 0 Å². The maximum Gasteiger partial charge on any atom is 0.392 e. The van der Waals surface area contributed by atoms with E-state index in [1.165, 1.54) is 0 Å². The smallest absolute Gasteiger partial charge is 0.392 e. The van der Waals surface area contributed by atoms with Gasteiger partial charge in [0.05, 0.1) is 12.0 Å². The SMILES string of the molecule is CC1CCCC(C(O)C2CCCCC2C(F)(F)F)C1. The highest BCUT2D eigenvalue weighted by molar-refractivity contribution is 4.89. The lowest BCUT2D eigenvalue weighted by molar-refractivity contribution is -0.210. The average Bonchev–Trinajstić information content (AvgIpc) is 2.37. The summed E-state index contributed by atoms with van der Waals surface area (Å²) in [6.45, 7) is 2.14. The van der Waals surface area contributed by atoms with E-state index >= 15 is 0 Å². The molecule has 0 spiro atoms. The van der Waals surface area contributed by atoms with Crippen molar-refractivity contribution in [2.75, 3.05) is 0 Å². The Morgan fingerprint density at radius 3 is 2.32 bits per heavy atom. The summed E-state index contributed by atoms with van der Waals surface area (Å²) in [7, 11) is 0. The predicted molar refractivity (Wildman–Crippen MR) is 68.6 cm³/mol. The minimum Gasteiger partial charge on any atom is -0.393 e. The molecule has 0 aromatic carbocycles. The number of hydrogen-bond donors (Lipinski definition) is 1. The first kappa shape index (κ1) is 15.1. The van der Waals surface area contributed by atoms with Crippen molar-refractivity contribution in [3.63, 3.8) is 0 Å². The van der Waals surface area contributed by atoms with Gasteiger partial charge >= 0.3 is 6.18 Å². The van der Waals surface area contributed by atoms with Crippen LogP contribution in [0.3, 0.4) is 0 Å². The Morgan fingerprint density at radius 2 is 1.68 bits per heavy atom. The molecule has 5 unspecified atom stereocenters. The van der Waals surface area contributed by atoms with Gasteiger partial charge in [-0.1, -0.05) is 32.6 Å². The molecule has 0 heterocycles. The van der Waals surface area contributed by atoms with Crippen molar-refractivity contribution in [2.24, 2.45) is 23.7 Å². The zero-order valence-corrected chi connectivity index (χ0v) is 11.6. The lowest BCUT2D eigenvalue weighted by Gasteiger charge is -2.40. The number of alkyl halides is 3. The van der Waals surface area contributed by atoms with Crippen LogP contribution in [0.15, 0.2) is 0 Å². The number of hydrogen-bond acceptors (Lipinski definition) is 1. The summed E-state index contributed by atoms with van der Waals surface area (Å²) in [5.41, 5.74) is 0. The van der Waals surface area contributed by atoms with E-state index in [1.54, 1.807) is 0 Å². The molecule has 0 amide bonds. The molecular weight excluding hydrogens is 253 g/mol. The lowest BCUT2D eigenvalue weighted by Crippen LogP contribution is -2.43. The molecule has 2 saturated carbocycles. The molecular formula is C15H25F3O. The van der Waals surface area contributed by atoms with Crippen LogP contribution < -0.4 is 0 Å². The van der Waals surface area contributed by atoms with Crippen LogP contribution in [0.1, 0.15) is 58.3 Å². The number of halogens is 3. The van der Waals surface area contributed by atoms with Crippen molar-refractivity contribution in [3.05, 3.63) is 0 Å². The molecule has 0 bridgehead atoms. The monoisotopic (exact) mass is 278 g/mol. The molecule has 2 aliphatic carbocycles. The second kappa shape index (κ2) is 6.02. The first-order valence-corrected chi connectivity index (χ1v) is 7.64. The van der Waals surface area contributed by atoms with Crippen molar-refractivity contribution < 1.29 is 18.3 Å². The largest absolute Gasteiger partial charge is 0.393 e. The summed E-state index contributed by atoms with van der Waals surface area (Å²) >= 11 is 0. The summed E-state index contributed by atoms with van der Waals surface area (Å²) in [6.07, 6.45) is 1.30. The Labute approximate surface area is 113 Å². The number of aliphatic hydroxyl groups excluding tert-OH is 1. The molecule has 5 atom stereocenters. The van der Waals surface area contributed by atoms with Crippen LogP contribution in [-0.2, 0) is 0 Å². The minimum atomic E-state index is -4.15. The summed E-state index contributed by atoms with van der Waals surface area (Å²) in [6, 6.07) is 0. The molecule has 2 aliphatic rings. The molecule has 2 rings (SSSR count). The molecule has 0 aromatic rings. The molecule has 0 saturated heterocycles. The maximum atomic E-state index is 13.1. The van der Waals surface area contributed by atoms with Gasteiger partial charge in [-0.2, -0.15) is 13.2 Å². The quantitative estimate of drug-likeness (QED) is 0.786. The van der Waals surface area contributed by atoms with Gasteiger partial charge in [0.25, 0.3) is 0 Å². The fraction of sp³-hybridized carbons (Fsp3) is 1.00. The molecule has 1 N–H and O–H groups in total. The molecule has 19 heavy (non-hydrogen) atoms. The first-order valence-electron chi connectivity index (χ1n) is 7.64. The average molecular weight is 278 g/mol. The first-order chi connectivity index (χ1) is 8.89. The lowest BCUT2D eigenvalue weighted by atomic mass is 9.69. The summed E-state index contributed by atoms with van der Waals surface area (Å²) in [4.78, 5) is 0. The number of rotatable bonds is 2. The van der Waals surface area contributed by atoms with E-state index in [1.807, 2.05) is 0 Å². The molecule has 0 aromatic heterocycles. The van der Waals surface area contributed by atoms with Gasteiger partial charge in [0.15, 0.2) is 0 Å². The Balaban J connectivity index is 2.04. The van der Waals surface area contributed by atoms with Crippen molar-refractivity contribution in [1.29, 1.82) is 0 Å². The highest BCUT2D eigenvalue weighted by atomic mass is 19.4. The van der Waals surface area contributed by atoms with Crippen LogP contribution in [0.25, 0.3) is 0 Å². The van der Waals surface area contributed by atoms with Crippen LogP contribution >= 0.6 is 0 Å². The van der Waals surface area contributed by atoms with Gasteiger partial charge in [-0.05, 0) is 43.4 Å². The van der Waals surface area contributed by atoms with E-state index in [2.05, 4.69) is 6.92 Å². The van der Waals surface area contributed by atoms with Gasteiger partial charge in [-0.25, -0.2) is 0 Å². The van der Waals surface area contributed by atoms with Gasteiger partial charge in [0.1, 0.15) is 0 Å². The van der Waals surface area contributed by atoms with Crippen molar-refractivity contribution in [3.8, 4) is 0 Å². The molecule has 0 aliphatic heterocycles. The Kier molecular flexibility index (Phi) is 4.80. The van der Waals surface area contributed by atoms with Crippen LogP contribution in [0.2, 0.25) is 0 Å². The van der Waals surface area contributed by atoms with Gasteiger partial charge in [0.2, 0.25) is 0 Å². The highest BCUT2D eigenvalue weighted by Gasteiger charge is 2.49. The van der Waals surface area contributed by atoms with Crippen LogP contribution in [0.4, 0.5) is 13.2 Å². The Bertz CT molecular complexity index is 290. The number of aliphatic hydroxyl groups is 1.